The first-order chi connectivity index (χ1) is 4.63. The summed E-state index contributed by atoms with van der Waals surface area (Å²) >= 11 is 0. The lowest BCUT2D eigenvalue weighted by molar-refractivity contribution is -0.866. The van der Waals surface area contributed by atoms with Gasteiger partial charge in [0, 0.05) is 18.8 Å². The van der Waals surface area contributed by atoms with E-state index in [4.69, 9.17) is 9.90 Å². The highest BCUT2D eigenvalue weighted by molar-refractivity contribution is 5.60. The van der Waals surface area contributed by atoms with E-state index in [1.54, 1.807) is 4.90 Å². The topological polar surface area (TPSA) is 44.6 Å². The molecule has 1 heterocycles. The molecule has 60 valence electrons. The van der Waals surface area contributed by atoms with Crippen LogP contribution >= 0.6 is 0 Å². The Bertz CT molecular complexity index is 93.8. The van der Waals surface area contributed by atoms with Gasteiger partial charge in [-0.1, -0.05) is 0 Å². The Kier molecular flexibility index (Phi) is 4.94. The summed E-state index contributed by atoms with van der Waals surface area (Å²) in [4.78, 5) is 10.6. The molecule has 3 nitrogen and oxygen atoms in total. The van der Waals surface area contributed by atoms with Crippen LogP contribution in [-0.2, 0) is 4.79 Å². The van der Waals surface area contributed by atoms with E-state index >= 15 is 0 Å². The molecule has 1 saturated heterocycles. The van der Waals surface area contributed by atoms with Crippen LogP contribution in [0.4, 0.5) is 0 Å². The van der Waals surface area contributed by atoms with E-state index in [2.05, 4.69) is 7.05 Å². The minimum atomic E-state index is -1.08. The van der Waals surface area contributed by atoms with Crippen molar-refractivity contribution in [2.75, 3.05) is 20.1 Å². The lowest BCUT2D eigenvalue weighted by Gasteiger charge is -1.98. The third kappa shape index (κ3) is 7.43. The highest BCUT2D eigenvalue weighted by Crippen LogP contribution is 1.84. The molecule has 0 aromatic carbocycles. The number of aliphatic carboxylic acids is 1. The number of quaternary nitrogens is 1. The summed E-state index contributed by atoms with van der Waals surface area (Å²) in [5, 5.41) is 8.89. The second-order valence-electron chi connectivity index (χ2n) is 2.66. The van der Waals surface area contributed by atoms with Gasteiger partial charge in [0.1, 0.15) is 0 Å². The standard InChI is InChI=1S/C5H11N.C2H4O2/c1-6-4-2-3-5-6;1-2(3)4/h2-5H2,1H3;1H3,(H,3,4). The van der Waals surface area contributed by atoms with Crippen LogP contribution < -0.4 is 10.0 Å². The van der Waals surface area contributed by atoms with Gasteiger partial charge in [0.15, 0.2) is 0 Å². The quantitative estimate of drug-likeness (QED) is 0.430. The first-order valence-corrected chi connectivity index (χ1v) is 3.62. The van der Waals surface area contributed by atoms with Crippen LogP contribution in [0.2, 0.25) is 0 Å². The summed E-state index contributed by atoms with van der Waals surface area (Å²) in [6, 6.07) is 0. The molecule has 0 aromatic heterocycles. The number of likely N-dealkylation sites (tertiary alicyclic amines) is 1. The zero-order valence-corrected chi connectivity index (χ0v) is 6.64. The van der Waals surface area contributed by atoms with E-state index in [0.29, 0.717) is 0 Å². The maximum Gasteiger partial charge on any atom is 0.0771 e. The summed E-state index contributed by atoms with van der Waals surface area (Å²) in [6.45, 7) is 3.78. The molecule has 0 bridgehead atoms. The zero-order valence-electron chi connectivity index (χ0n) is 6.64. The maximum atomic E-state index is 8.89. The number of rotatable bonds is 0. The molecule has 0 aromatic rings. The maximum absolute atomic E-state index is 8.89. The van der Waals surface area contributed by atoms with Crippen molar-refractivity contribution in [3.05, 3.63) is 0 Å². The Hall–Kier alpha value is -0.570. The summed E-state index contributed by atoms with van der Waals surface area (Å²) < 4.78 is 0. The lowest BCUT2D eigenvalue weighted by Crippen LogP contribution is -3.06. The molecule has 0 saturated carbocycles. The van der Waals surface area contributed by atoms with Gasteiger partial charge in [0.25, 0.3) is 0 Å². The molecule has 3 heteroatoms. The van der Waals surface area contributed by atoms with Crippen molar-refractivity contribution in [3.63, 3.8) is 0 Å². The first kappa shape index (κ1) is 9.43. The van der Waals surface area contributed by atoms with Gasteiger partial charge in [0.2, 0.25) is 0 Å². The van der Waals surface area contributed by atoms with Crippen molar-refractivity contribution in [1.82, 2.24) is 0 Å². The van der Waals surface area contributed by atoms with Crippen molar-refractivity contribution in [3.8, 4) is 0 Å². The minimum Gasteiger partial charge on any atom is -0.550 e. The fourth-order valence-electron chi connectivity index (χ4n) is 0.979. The van der Waals surface area contributed by atoms with Crippen LogP contribution in [0, 0.1) is 0 Å². The molecular formula is C7H15NO2. The predicted octanol–water partition coefficient (Wildman–Crippen LogP) is -1.95. The molecule has 1 fully saturated rings. The van der Waals surface area contributed by atoms with Crippen molar-refractivity contribution in [2.45, 2.75) is 19.8 Å². The van der Waals surface area contributed by atoms with Crippen molar-refractivity contribution < 1.29 is 14.8 Å². The summed E-state index contributed by atoms with van der Waals surface area (Å²) in [5.74, 6) is -1.08. The van der Waals surface area contributed by atoms with Gasteiger partial charge in [0.05, 0.1) is 20.1 Å². The Balaban J connectivity index is 0.000000180. The van der Waals surface area contributed by atoms with Crippen LogP contribution in [0.5, 0.6) is 0 Å². The van der Waals surface area contributed by atoms with E-state index < -0.39 is 5.97 Å². The molecule has 10 heavy (non-hydrogen) atoms. The van der Waals surface area contributed by atoms with Gasteiger partial charge in [-0.3, -0.25) is 0 Å². The molecule has 0 atom stereocenters. The summed E-state index contributed by atoms with van der Waals surface area (Å²) in [6.07, 6.45) is 2.90. The van der Waals surface area contributed by atoms with Gasteiger partial charge < -0.3 is 14.8 Å². The Morgan fingerprint density at radius 1 is 1.40 bits per heavy atom. The number of hydrogen-bond acceptors (Lipinski definition) is 2. The fourth-order valence-corrected chi connectivity index (χ4v) is 0.979. The molecule has 0 amide bonds. The molecule has 1 aliphatic heterocycles. The van der Waals surface area contributed by atoms with E-state index in [1.807, 2.05) is 0 Å². The second kappa shape index (κ2) is 5.23. The van der Waals surface area contributed by atoms with E-state index in [9.17, 15) is 0 Å². The third-order valence-corrected chi connectivity index (χ3v) is 1.46. The number of carboxylic acid groups (broad SMARTS) is 1. The highest BCUT2D eigenvalue weighted by Gasteiger charge is 2.07. The molecule has 0 unspecified atom stereocenters. The van der Waals surface area contributed by atoms with Crippen LogP contribution in [0.3, 0.4) is 0 Å². The second-order valence-corrected chi connectivity index (χ2v) is 2.66. The largest absolute Gasteiger partial charge is 0.550 e. The molecule has 0 aliphatic carbocycles. The van der Waals surface area contributed by atoms with Crippen LogP contribution in [0.15, 0.2) is 0 Å². The highest BCUT2D eigenvalue weighted by atomic mass is 16.4. The smallest absolute Gasteiger partial charge is 0.0771 e. The van der Waals surface area contributed by atoms with E-state index in [0.717, 1.165) is 6.92 Å². The van der Waals surface area contributed by atoms with Crippen LogP contribution in [0.25, 0.3) is 0 Å². The van der Waals surface area contributed by atoms with Gasteiger partial charge in [-0.15, -0.1) is 0 Å². The SMILES string of the molecule is CC(=O)[O-].C[NH+]1CCCC1. The van der Waals surface area contributed by atoms with Crippen molar-refractivity contribution in [2.24, 2.45) is 0 Å². The first-order valence-electron chi connectivity index (χ1n) is 3.62. The average Bonchev–Trinajstić information content (AvgIpc) is 2.15. The molecule has 1 N–H and O–H groups in total. The molecule has 0 radical (unpaired) electrons. The normalized spacial score (nSPS) is 17.8. The van der Waals surface area contributed by atoms with Crippen LogP contribution in [-0.4, -0.2) is 26.1 Å². The predicted molar refractivity (Wildman–Crippen MR) is 36.5 cm³/mol. The minimum absolute atomic E-state index is 0.972. The Morgan fingerprint density at radius 3 is 1.80 bits per heavy atom. The summed E-state index contributed by atoms with van der Waals surface area (Å²) in [5.41, 5.74) is 0. The molecule has 1 aliphatic rings. The Labute approximate surface area is 61.6 Å². The number of carbonyl (C=O) groups excluding carboxylic acids is 1. The van der Waals surface area contributed by atoms with Crippen molar-refractivity contribution >= 4 is 5.97 Å². The van der Waals surface area contributed by atoms with E-state index in [-0.39, 0.29) is 0 Å². The molecule has 1 rings (SSSR count). The average molecular weight is 145 g/mol. The van der Waals surface area contributed by atoms with Gasteiger partial charge in [-0.25, -0.2) is 0 Å². The van der Waals surface area contributed by atoms with Gasteiger partial charge in [-0.05, 0) is 6.92 Å². The van der Waals surface area contributed by atoms with Gasteiger partial charge in [-0.2, -0.15) is 0 Å². The fraction of sp³-hybridized carbons (Fsp3) is 0.857. The number of hydrogen-bond donors (Lipinski definition) is 1. The van der Waals surface area contributed by atoms with Crippen LogP contribution in [0.1, 0.15) is 19.8 Å². The Morgan fingerprint density at radius 2 is 1.70 bits per heavy atom. The molecular weight excluding hydrogens is 130 g/mol. The number of carbonyl (C=O) groups is 1. The summed E-state index contributed by atoms with van der Waals surface area (Å²) in [7, 11) is 2.26. The number of carboxylic acids is 1. The molecule has 0 spiro atoms. The van der Waals surface area contributed by atoms with Crippen molar-refractivity contribution in [1.29, 1.82) is 0 Å². The monoisotopic (exact) mass is 145 g/mol. The van der Waals surface area contributed by atoms with Gasteiger partial charge >= 0.3 is 0 Å². The lowest BCUT2D eigenvalue weighted by atomic mass is 10.4. The zero-order chi connectivity index (χ0) is 7.98. The van der Waals surface area contributed by atoms with E-state index in [1.165, 1.54) is 25.9 Å². The third-order valence-electron chi connectivity index (χ3n) is 1.46. The number of nitrogens with one attached hydrogen (secondary N) is 1.